The van der Waals surface area contributed by atoms with Crippen LogP contribution in [-0.4, -0.2) is 119 Å². The van der Waals surface area contributed by atoms with E-state index in [4.69, 9.17) is 47.6 Å². The van der Waals surface area contributed by atoms with Gasteiger partial charge in [0.1, 0.15) is 30.5 Å². The van der Waals surface area contributed by atoms with Crippen LogP contribution in [0, 0.1) is 0 Å². The fourth-order valence-corrected chi connectivity index (χ4v) is 4.25. The minimum absolute atomic E-state index is 0.0318. The van der Waals surface area contributed by atoms with Gasteiger partial charge in [0.2, 0.25) is 0 Å². The zero-order chi connectivity index (χ0) is 23.7. The molecule has 0 aromatic carbocycles. The Morgan fingerprint density at radius 1 is 0.844 bits per heavy atom. The first-order valence-corrected chi connectivity index (χ1v) is 10.6. The van der Waals surface area contributed by atoms with Gasteiger partial charge in [-0.3, -0.25) is 4.79 Å². The lowest BCUT2D eigenvalue weighted by molar-refractivity contribution is -0.292. The van der Waals surface area contributed by atoms with Crippen LogP contribution in [0.25, 0.3) is 0 Å². The third kappa shape index (κ3) is 5.12. The second-order valence-corrected chi connectivity index (χ2v) is 8.61. The summed E-state index contributed by atoms with van der Waals surface area (Å²) in [5.41, 5.74) is 29.6. The number of Topliss-reactive ketones (excluding diaryl/α,β-unsaturated/α-hetero) is 1. The molecule has 3 aliphatic rings. The van der Waals surface area contributed by atoms with E-state index in [1.807, 2.05) is 0 Å². The third-order valence-electron chi connectivity index (χ3n) is 6.22. The summed E-state index contributed by atoms with van der Waals surface area (Å²) < 4.78 is 22.4. The average molecular weight is 466 g/mol. The monoisotopic (exact) mass is 465 g/mol. The molecule has 2 saturated heterocycles. The molecule has 3 rings (SSSR count). The van der Waals surface area contributed by atoms with Crippen molar-refractivity contribution in [2.24, 2.45) is 28.7 Å². The van der Waals surface area contributed by atoms with Gasteiger partial charge in [-0.2, -0.15) is 0 Å². The van der Waals surface area contributed by atoms with Crippen molar-refractivity contribution in [2.75, 3.05) is 13.2 Å². The molecule has 3 fully saturated rings. The van der Waals surface area contributed by atoms with Crippen molar-refractivity contribution < 1.29 is 44.2 Å². The third-order valence-corrected chi connectivity index (χ3v) is 6.22. The number of ketones is 1. The molecule has 0 unspecified atom stereocenters. The van der Waals surface area contributed by atoms with Gasteiger partial charge in [-0.15, -0.1) is 0 Å². The Morgan fingerprint density at radius 2 is 1.41 bits per heavy atom. The van der Waals surface area contributed by atoms with E-state index in [9.17, 15) is 25.2 Å². The van der Waals surface area contributed by atoms with Crippen molar-refractivity contribution in [2.45, 2.75) is 92.3 Å². The quantitative estimate of drug-likeness (QED) is 0.177. The molecule has 0 radical (unpaired) electrons. The summed E-state index contributed by atoms with van der Waals surface area (Å²) in [6.45, 7) is -0.544. The normalized spacial score (nSPS) is 50.4. The van der Waals surface area contributed by atoms with Gasteiger partial charge in [0.05, 0.1) is 30.9 Å². The number of rotatable bonds is 6. The average Bonchev–Trinajstić information content (AvgIpc) is 2.75. The van der Waals surface area contributed by atoms with Gasteiger partial charge < -0.3 is 68.0 Å². The summed E-state index contributed by atoms with van der Waals surface area (Å²) in [4.78, 5) is 13.2. The van der Waals surface area contributed by atoms with Gasteiger partial charge in [0.15, 0.2) is 18.4 Å². The molecule has 2 aliphatic heterocycles. The number of ether oxygens (including phenoxy) is 4. The molecule has 0 spiro atoms. The fraction of sp³-hybridized carbons (Fsp3) is 0.944. The topological polar surface area (TPSA) is 265 Å². The van der Waals surface area contributed by atoms with Crippen LogP contribution in [0.2, 0.25) is 0 Å². The highest BCUT2D eigenvalue weighted by Crippen LogP contribution is 2.28. The number of nitrogens with two attached hydrogens (primary N) is 5. The molecule has 0 aromatic rings. The summed E-state index contributed by atoms with van der Waals surface area (Å²) in [5, 5.41) is 39.7. The zero-order valence-electron chi connectivity index (χ0n) is 17.6. The summed E-state index contributed by atoms with van der Waals surface area (Å²) >= 11 is 0. The molecule has 1 aliphatic carbocycles. The highest BCUT2D eigenvalue weighted by atomic mass is 16.7. The summed E-state index contributed by atoms with van der Waals surface area (Å²) in [5.74, 6) is -0.612. The molecule has 13 atom stereocenters. The van der Waals surface area contributed by atoms with Gasteiger partial charge in [0.25, 0.3) is 0 Å². The standard InChI is InChI=1S/C18H35N5O9/c19-3-9-8(25)2-7(22)17(29-9)31-15-5(20)1-6(21)16(14(15)28)32-18-13(27)11(23)12(26)10(4-24)30-18/h5-13,15-18,24-27H,1-4,19-23H2/t5-,6+,7+,8-,9+,10+,11-,12+,13+,15+,16-,17+,18+/m0/s1. The van der Waals surface area contributed by atoms with Crippen molar-refractivity contribution in [3.63, 3.8) is 0 Å². The van der Waals surface area contributed by atoms with E-state index in [1.165, 1.54) is 0 Å². The van der Waals surface area contributed by atoms with Crippen molar-refractivity contribution in [3.8, 4) is 0 Å². The van der Waals surface area contributed by atoms with Gasteiger partial charge in [0, 0.05) is 18.6 Å². The molecule has 14 nitrogen and oxygen atoms in total. The molecular weight excluding hydrogens is 430 g/mol. The van der Waals surface area contributed by atoms with E-state index in [0.717, 1.165) is 0 Å². The molecule has 0 bridgehead atoms. The Morgan fingerprint density at radius 3 is 1.97 bits per heavy atom. The van der Waals surface area contributed by atoms with Crippen molar-refractivity contribution >= 4 is 5.78 Å². The first-order valence-electron chi connectivity index (χ1n) is 10.6. The number of hydrogen-bond acceptors (Lipinski definition) is 14. The van der Waals surface area contributed by atoms with E-state index in [1.54, 1.807) is 0 Å². The lowest BCUT2D eigenvalue weighted by Crippen LogP contribution is -2.67. The van der Waals surface area contributed by atoms with Crippen molar-refractivity contribution in [1.29, 1.82) is 0 Å². The molecule has 0 aromatic heterocycles. The van der Waals surface area contributed by atoms with E-state index in [0.29, 0.717) is 0 Å². The predicted molar refractivity (Wildman–Crippen MR) is 107 cm³/mol. The van der Waals surface area contributed by atoms with Gasteiger partial charge in [-0.1, -0.05) is 0 Å². The molecule has 1 saturated carbocycles. The van der Waals surface area contributed by atoms with Gasteiger partial charge in [-0.05, 0) is 12.8 Å². The van der Waals surface area contributed by atoms with Gasteiger partial charge in [-0.25, -0.2) is 0 Å². The number of carbonyl (C=O) groups excluding carboxylic acids is 1. The largest absolute Gasteiger partial charge is 0.394 e. The molecule has 0 amide bonds. The minimum atomic E-state index is -1.48. The molecule has 32 heavy (non-hydrogen) atoms. The molecule has 14 N–H and O–H groups in total. The van der Waals surface area contributed by atoms with E-state index in [2.05, 4.69) is 0 Å². The number of aliphatic hydroxyl groups excluding tert-OH is 4. The van der Waals surface area contributed by atoms with Crippen LogP contribution in [0.1, 0.15) is 12.8 Å². The van der Waals surface area contributed by atoms with Crippen LogP contribution in [0.4, 0.5) is 0 Å². The van der Waals surface area contributed by atoms with Crippen LogP contribution in [0.5, 0.6) is 0 Å². The second kappa shape index (κ2) is 10.6. The van der Waals surface area contributed by atoms with Crippen molar-refractivity contribution in [1.82, 2.24) is 0 Å². The Labute approximate surface area is 184 Å². The lowest BCUT2D eigenvalue weighted by atomic mass is 9.85. The molecule has 2 heterocycles. The Hall–Kier alpha value is -0.850. The number of hydrogen-bond donors (Lipinski definition) is 9. The minimum Gasteiger partial charge on any atom is -0.394 e. The van der Waals surface area contributed by atoms with Gasteiger partial charge >= 0.3 is 0 Å². The SMILES string of the molecule is NC[C@H]1O[C@H](O[C@H]2C(=O)[C@@H](O[C@H]3O[C@H](CO)[C@@H](O)[C@H](N)[C@H]3O)[C@H](N)C[C@@H]2N)[C@H](N)C[C@@H]1O. The summed E-state index contributed by atoms with van der Waals surface area (Å²) in [6.07, 6.45) is -10.1. The predicted octanol–water partition coefficient (Wildman–Crippen LogP) is -6.09. The highest BCUT2D eigenvalue weighted by molar-refractivity contribution is 5.90. The van der Waals surface area contributed by atoms with E-state index < -0.39 is 91.9 Å². The zero-order valence-corrected chi connectivity index (χ0v) is 17.6. The lowest BCUT2D eigenvalue weighted by Gasteiger charge is -2.45. The first-order chi connectivity index (χ1) is 15.1. The molecular formula is C18H35N5O9. The maximum absolute atomic E-state index is 13.2. The smallest absolute Gasteiger partial charge is 0.193 e. The molecule has 14 heteroatoms. The maximum atomic E-state index is 13.2. The van der Waals surface area contributed by atoms with E-state index >= 15 is 0 Å². The fourth-order valence-electron chi connectivity index (χ4n) is 4.25. The van der Waals surface area contributed by atoms with Crippen LogP contribution in [0.3, 0.4) is 0 Å². The van der Waals surface area contributed by atoms with Crippen LogP contribution >= 0.6 is 0 Å². The Kier molecular flexibility index (Phi) is 8.54. The second-order valence-electron chi connectivity index (χ2n) is 8.61. The number of carbonyl (C=O) groups is 1. The van der Waals surface area contributed by atoms with Crippen LogP contribution < -0.4 is 28.7 Å². The van der Waals surface area contributed by atoms with Crippen LogP contribution in [-0.2, 0) is 23.7 Å². The van der Waals surface area contributed by atoms with E-state index in [-0.39, 0.29) is 19.4 Å². The summed E-state index contributed by atoms with van der Waals surface area (Å²) in [7, 11) is 0. The summed E-state index contributed by atoms with van der Waals surface area (Å²) in [6, 6.07) is -3.54. The highest BCUT2D eigenvalue weighted by Gasteiger charge is 2.50. The Balaban J connectivity index is 1.71. The first kappa shape index (κ1) is 25.8. The maximum Gasteiger partial charge on any atom is 0.193 e. The number of aliphatic hydroxyl groups is 4. The van der Waals surface area contributed by atoms with Crippen LogP contribution in [0.15, 0.2) is 0 Å². The Bertz CT molecular complexity index is 646. The van der Waals surface area contributed by atoms with Crippen molar-refractivity contribution in [3.05, 3.63) is 0 Å². The molecule has 186 valence electrons.